The van der Waals surface area contributed by atoms with Gasteiger partial charge in [0.1, 0.15) is 0 Å². The van der Waals surface area contributed by atoms with Crippen LogP contribution >= 0.6 is 23.4 Å². The van der Waals surface area contributed by atoms with E-state index in [2.05, 4.69) is 15.5 Å². The van der Waals surface area contributed by atoms with Crippen LogP contribution in [0, 0.1) is 0 Å². The topological polar surface area (TPSA) is 98.6 Å². The van der Waals surface area contributed by atoms with Crippen LogP contribution in [-0.4, -0.2) is 48.8 Å². The minimum atomic E-state index is -0.838. The average Bonchev–Trinajstić information content (AvgIpc) is 3.02. The van der Waals surface area contributed by atoms with Crippen LogP contribution in [0.2, 0.25) is 5.02 Å². The van der Waals surface area contributed by atoms with Crippen molar-refractivity contribution in [1.82, 2.24) is 5.32 Å². The quantitative estimate of drug-likeness (QED) is 0.429. The fourth-order valence-corrected chi connectivity index (χ4v) is 2.83. The zero-order valence-electron chi connectivity index (χ0n) is 14.4. The standard InChI is InChI=1S/C16H18ClN3O5S/c1-4-24-15(22)9(2)25-14-11(17)5-10(6-12(14)23-3)7-18-20-16-19-13(21)8-26-16/h5-7,9H,4,8H2,1-3H3,(H,19,20,21). The summed E-state index contributed by atoms with van der Waals surface area (Å²) in [5.41, 5.74) is 0.613. The van der Waals surface area contributed by atoms with Gasteiger partial charge >= 0.3 is 5.97 Å². The molecule has 140 valence electrons. The number of halogens is 1. The summed E-state index contributed by atoms with van der Waals surface area (Å²) >= 11 is 7.52. The van der Waals surface area contributed by atoms with Crippen LogP contribution in [0.1, 0.15) is 19.4 Å². The number of amides is 1. The molecule has 26 heavy (non-hydrogen) atoms. The van der Waals surface area contributed by atoms with E-state index in [1.807, 2.05) is 0 Å². The maximum absolute atomic E-state index is 11.7. The van der Waals surface area contributed by atoms with Gasteiger partial charge in [-0.2, -0.15) is 5.10 Å². The highest BCUT2D eigenvalue weighted by atomic mass is 35.5. The van der Waals surface area contributed by atoms with Crippen molar-refractivity contribution in [3.05, 3.63) is 22.7 Å². The van der Waals surface area contributed by atoms with E-state index >= 15 is 0 Å². The number of amidine groups is 1. The molecule has 1 N–H and O–H groups in total. The van der Waals surface area contributed by atoms with Gasteiger partial charge in [-0.3, -0.25) is 4.79 Å². The SMILES string of the molecule is CCOC(=O)C(C)Oc1c(Cl)cc(C=NN=C2NC(=O)CS2)cc1OC. The monoisotopic (exact) mass is 399 g/mol. The molecule has 1 aromatic rings. The van der Waals surface area contributed by atoms with E-state index in [1.54, 1.807) is 26.0 Å². The number of carbonyl (C=O) groups excluding carboxylic acids is 2. The summed E-state index contributed by atoms with van der Waals surface area (Å²) in [6.07, 6.45) is 0.626. The molecule has 1 heterocycles. The van der Waals surface area contributed by atoms with Crippen molar-refractivity contribution in [1.29, 1.82) is 0 Å². The number of nitrogens with one attached hydrogen (secondary N) is 1. The van der Waals surface area contributed by atoms with Crippen LogP contribution in [0.15, 0.2) is 22.3 Å². The van der Waals surface area contributed by atoms with Gasteiger partial charge in [-0.1, -0.05) is 23.4 Å². The normalized spacial score (nSPS) is 16.6. The third-order valence-electron chi connectivity index (χ3n) is 3.11. The van der Waals surface area contributed by atoms with Crippen LogP contribution < -0.4 is 14.8 Å². The molecule has 1 saturated heterocycles. The number of carbonyl (C=O) groups is 2. The van der Waals surface area contributed by atoms with Crippen LogP contribution in [0.4, 0.5) is 0 Å². The van der Waals surface area contributed by atoms with Crippen molar-refractivity contribution in [2.75, 3.05) is 19.5 Å². The molecule has 0 aromatic heterocycles. The molecular weight excluding hydrogens is 382 g/mol. The third kappa shape index (κ3) is 5.37. The first-order valence-electron chi connectivity index (χ1n) is 7.69. The van der Waals surface area contributed by atoms with E-state index in [-0.39, 0.29) is 23.3 Å². The molecule has 0 saturated carbocycles. The molecule has 1 aliphatic heterocycles. The molecule has 0 bridgehead atoms. The van der Waals surface area contributed by atoms with Gasteiger partial charge in [-0.05, 0) is 26.0 Å². The number of hydrogen-bond donors (Lipinski definition) is 1. The molecule has 1 unspecified atom stereocenters. The summed E-state index contributed by atoms with van der Waals surface area (Å²) in [4.78, 5) is 22.8. The highest BCUT2D eigenvalue weighted by Crippen LogP contribution is 2.36. The third-order valence-corrected chi connectivity index (χ3v) is 4.25. The van der Waals surface area contributed by atoms with E-state index < -0.39 is 12.1 Å². The number of hydrogen-bond acceptors (Lipinski definition) is 8. The summed E-state index contributed by atoms with van der Waals surface area (Å²) in [7, 11) is 1.46. The van der Waals surface area contributed by atoms with E-state index in [0.29, 0.717) is 22.2 Å². The summed E-state index contributed by atoms with van der Waals surface area (Å²) in [5, 5.41) is 11.1. The molecule has 2 rings (SSSR count). The van der Waals surface area contributed by atoms with Crippen LogP contribution in [0.25, 0.3) is 0 Å². The molecule has 8 nitrogen and oxygen atoms in total. The van der Waals surface area contributed by atoms with E-state index in [9.17, 15) is 9.59 Å². The fourth-order valence-electron chi connectivity index (χ4n) is 1.94. The Kier molecular flexibility index (Phi) is 7.28. The Hall–Kier alpha value is -2.26. The van der Waals surface area contributed by atoms with Crippen molar-refractivity contribution < 1.29 is 23.8 Å². The first-order chi connectivity index (χ1) is 12.4. The maximum Gasteiger partial charge on any atom is 0.347 e. The van der Waals surface area contributed by atoms with Gasteiger partial charge in [-0.15, -0.1) is 5.10 Å². The Morgan fingerprint density at radius 3 is 2.88 bits per heavy atom. The lowest BCUT2D eigenvalue weighted by molar-refractivity contribution is -0.150. The minimum absolute atomic E-state index is 0.106. The molecule has 1 fully saturated rings. The molecule has 0 spiro atoms. The largest absolute Gasteiger partial charge is 0.493 e. The second kappa shape index (κ2) is 9.44. The highest BCUT2D eigenvalue weighted by molar-refractivity contribution is 8.15. The number of benzene rings is 1. The lowest BCUT2D eigenvalue weighted by atomic mass is 10.2. The molecule has 1 aromatic carbocycles. The van der Waals surface area contributed by atoms with Gasteiger partial charge in [0.05, 0.1) is 30.7 Å². The van der Waals surface area contributed by atoms with Crippen molar-refractivity contribution in [2.45, 2.75) is 20.0 Å². The van der Waals surface area contributed by atoms with Gasteiger partial charge in [0, 0.05) is 5.56 Å². The van der Waals surface area contributed by atoms with E-state index in [0.717, 1.165) is 0 Å². The zero-order chi connectivity index (χ0) is 19.1. The molecule has 0 radical (unpaired) electrons. The molecule has 10 heteroatoms. The number of rotatable bonds is 7. The fraction of sp³-hybridized carbons (Fsp3) is 0.375. The molecular formula is C16H18ClN3O5S. The number of thioether (sulfide) groups is 1. The number of nitrogens with zero attached hydrogens (tertiary/aromatic N) is 2. The molecule has 1 amide bonds. The van der Waals surface area contributed by atoms with Gasteiger partial charge in [0.2, 0.25) is 5.91 Å². The Morgan fingerprint density at radius 1 is 1.50 bits per heavy atom. The van der Waals surface area contributed by atoms with E-state index in [4.69, 9.17) is 25.8 Å². The Morgan fingerprint density at radius 2 is 2.27 bits per heavy atom. The summed E-state index contributed by atoms with van der Waals surface area (Å²) in [5.74, 6) is 0.302. The lowest BCUT2D eigenvalue weighted by Gasteiger charge is -2.17. The first kappa shape index (κ1) is 20.1. The van der Waals surface area contributed by atoms with Crippen molar-refractivity contribution in [3.8, 4) is 11.5 Å². The van der Waals surface area contributed by atoms with Crippen molar-refractivity contribution in [2.24, 2.45) is 10.2 Å². The van der Waals surface area contributed by atoms with Gasteiger partial charge in [0.15, 0.2) is 22.8 Å². The number of ether oxygens (including phenoxy) is 3. The Labute approximate surface area is 159 Å². The second-order valence-electron chi connectivity index (χ2n) is 5.03. The molecule has 0 aliphatic carbocycles. The zero-order valence-corrected chi connectivity index (χ0v) is 16.0. The maximum atomic E-state index is 11.7. The average molecular weight is 400 g/mol. The van der Waals surface area contributed by atoms with Crippen LogP contribution in [0.5, 0.6) is 11.5 Å². The van der Waals surface area contributed by atoms with Gasteiger partial charge in [-0.25, -0.2) is 4.79 Å². The number of methoxy groups -OCH3 is 1. The smallest absolute Gasteiger partial charge is 0.347 e. The van der Waals surface area contributed by atoms with Crippen molar-refractivity contribution in [3.63, 3.8) is 0 Å². The predicted molar refractivity (Wildman–Crippen MR) is 100 cm³/mol. The summed E-state index contributed by atoms with van der Waals surface area (Å²) in [6.45, 7) is 3.53. The molecule has 1 atom stereocenters. The predicted octanol–water partition coefficient (Wildman–Crippen LogP) is 2.23. The Balaban J connectivity index is 2.15. The Bertz CT molecular complexity index is 754. The summed E-state index contributed by atoms with van der Waals surface area (Å²) < 4.78 is 15.8. The van der Waals surface area contributed by atoms with E-state index in [1.165, 1.54) is 25.1 Å². The van der Waals surface area contributed by atoms with Gasteiger partial charge < -0.3 is 19.5 Å². The number of esters is 1. The van der Waals surface area contributed by atoms with Crippen molar-refractivity contribution >= 4 is 46.6 Å². The molecule has 1 aliphatic rings. The first-order valence-corrected chi connectivity index (χ1v) is 9.05. The second-order valence-corrected chi connectivity index (χ2v) is 6.40. The van der Waals surface area contributed by atoms with Crippen LogP contribution in [0.3, 0.4) is 0 Å². The van der Waals surface area contributed by atoms with Crippen LogP contribution in [-0.2, 0) is 14.3 Å². The highest BCUT2D eigenvalue weighted by Gasteiger charge is 2.20. The summed E-state index contributed by atoms with van der Waals surface area (Å²) in [6, 6.07) is 3.24. The minimum Gasteiger partial charge on any atom is -0.493 e. The van der Waals surface area contributed by atoms with Gasteiger partial charge in [0.25, 0.3) is 0 Å². The lowest BCUT2D eigenvalue weighted by Crippen LogP contribution is -2.26.